The van der Waals surface area contributed by atoms with Crippen molar-refractivity contribution in [3.8, 4) is 0 Å². The maximum absolute atomic E-state index is 12.2. The summed E-state index contributed by atoms with van der Waals surface area (Å²) in [4.78, 5) is 15.2. The Labute approximate surface area is 119 Å². The highest BCUT2D eigenvalue weighted by atomic mass is 16.7. The van der Waals surface area contributed by atoms with E-state index >= 15 is 0 Å². The van der Waals surface area contributed by atoms with Crippen molar-refractivity contribution in [1.29, 1.82) is 0 Å². The number of hydrogen-bond acceptors (Lipinski definition) is 4. The van der Waals surface area contributed by atoms with Crippen molar-refractivity contribution in [1.82, 2.24) is 4.98 Å². The number of aliphatic hydroxyl groups is 1. The number of hydrogen-bond donors (Lipinski definition) is 2. The van der Waals surface area contributed by atoms with Gasteiger partial charge in [0.05, 0.1) is 17.3 Å². The Morgan fingerprint density at radius 2 is 1.85 bits per heavy atom. The van der Waals surface area contributed by atoms with Gasteiger partial charge in [-0.25, -0.2) is 0 Å². The van der Waals surface area contributed by atoms with Gasteiger partial charge in [-0.2, -0.15) is 0 Å². The lowest BCUT2D eigenvalue weighted by molar-refractivity contribution is 0.00578. The standard InChI is InChI=1S/C14H22BNO4/c1-9(17)6-10-7-12(18)11(8-16-10)15-19-13(2,3)14(4,5)20-15/h7-9,17H,6H2,1-5H3,(H,16,18). The first kappa shape index (κ1) is 15.3. The molecule has 0 aromatic carbocycles. The van der Waals surface area contributed by atoms with Gasteiger partial charge in [-0.3, -0.25) is 4.79 Å². The SMILES string of the molecule is CC(O)Cc1cc(=O)c(B2OC(C)(C)C(C)(C)O2)c[nH]1. The van der Waals surface area contributed by atoms with Crippen molar-refractivity contribution >= 4 is 12.6 Å². The molecule has 1 fully saturated rings. The number of aliphatic hydroxyl groups excluding tert-OH is 1. The molecular formula is C14H22BNO4. The van der Waals surface area contributed by atoms with E-state index in [1.54, 1.807) is 13.1 Å². The fraction of sp³-hybridized carbons (Fsp3) is 0.643. The van der Waals surface area contributed by atoms with E-state index in [1.807, 2.05) is 27.7 Å². The molecular weight excluding hydrogens is 257 g/mol. The Morgan fingerprint density at radius 1 is 1.30 bits per heavy atom. The molecule has 2 N–H and O–H groups in total. The summed E-state index contributed by atoms with van der Waals surface area (Å²) < 4.78 is 11.7. The molecule has 110 valence electrons. The Morgan fingerprint density at radius 3 is 2.30 bits per heavy atom. The molecule has 0 amide bonds. The van der Waals surface area contributed by atoms with E-state index in [0.717, 1.165) is 0 Å². The van der Waals surface area contributed by atoms with Crippen molar-refractivity contribution in [2.45, 2.75) is 58.3 Å². The first-order valence-electron chi connectivity index (χ1n) is 6.87. The van der Waals surface area contributed by atoms with E-state index in [9.17, 15) is 9.90 Å². The average Bonchev–Trinajstić information content (AvgIpc) is 2.46. The van der Waals surface area contributed by atoms with Crippen LogP contribution in [0.4, 0.5) is 0 Å². The Bertz CT molecular complexity index is 534. The lowest BCUT2D eigenvalue weighted by atomic mass is 9.80. The first-order valence-corrected chi connectivity index (χ1v) is 6.87. The zero-order chi connectivity index (χ0) is 15.1. The van der Waals surface area contributed by atoms with Gasteiger partial charge < -0.3 is 19.4 Å². The highest BCUT2D eigenvalue weighted by Gasteiger charge is 2.52. The molecule has 1 aliphatic rings. The minimum Gasteiger partial charge on any atom is -0.399 e. The number of aromatic amines is 1. The molecule has 0 bridgehead atoms. The molecule has 5 nitrogen and oxygen atoms in total. The highest BCUT2D eigenvalue weighted by molar-refractivity contribution is 6.61. The second-order valence-corrected chi connectivity index (χ2v) is 6.42. The zero-order valence-electron chi connectivity index (χ0n) is 12.7. The van der Waals surface area contributed by atoms with Crippen LogP contribution in [0.2, 0.25) is 0 Å². The molecule has 1 atom stereocenters. The predicted octanol–water partition coefficient (Wildman–Crippen LogP) is 0.597. The summed E-state index contributed by atoms with van der Waals surface area (Å²) in [6.07, 6.45) is 1.54. The first-order chi connectivity index (χ1) is 9.12. The van der Waals surface area contributed by atoms with Crippen LogP contribution in [0, 0.1) is 0 Å². The van der Waals surface area contributed by atoms with Crippen LogP contribution in [-0.4, -0.2) is 34.5 Å². The molecule has 0 aliphatic carbocycles. The van der Waals surface area contributed by atoms with E-state index in [4.69, 9.17) is 9.31 Å². The van der Waals surface area contributed by atoms with Crippen molar-refractivity contribution in [2.75, 3.05) is 0 Å². The van der Waals surface area contributed by atoms with Gasteiger partial charge in [-0.05, 0) is 34.6 Å². The molecule has 1 aromatic rings. The van der Waals surface area contributed by atoms with E-state index in [0.29, 0.717) is 17.6 Å². The number of pyridine rings is 1. The molecule has 1 saturated heterocycles. The summed E-state index contributed by atoms with van der Waals surface area (Å²) in [5, 5.41) is 9.34. The maximum Gasteiger partial charge on any atom is 0.500 e. The van der Waals surface area contributed by atoms with E-state index in [1.165, 1.54) is 6.07 Å². The molecule has 1 aromatic heterocycles. The van der Waals surface area contributed by atoms with Crippen LogP contribution in [0.3, 0.4) is 0 Å². The third-order valence-electron chi connectivity index (χ3n) is 4.03. The van der Waals surface area contributed by atoms with Gasteiger partial charge in [-0.15, -0.1) is 0 Å². The monoisotopic (exact) mass is 279 g/mol. The van der Waals surface area contributed by atoms with Gasteiger partial charge in [0, 0.05) is 29.8 Å². The van der Waals surface area contributed by atoms with E-state index in [2.05, 4.69) is 4.98 Å². The topological polar surface area (TPSA) is 71.6 Å². The van der Waals surface area contributed by atoms with Gasteiger partial charge in [0.25, 0.3) is 0 Å². The molecule has 2 rings (SSSR count). The smallest absolute Gasteiger partial charge is 0.399 e. The van der Waals surface area contributed by atoms with Crippen LogP contribution >= 0.6 is 0 Å². The van der Waals surface area contributed by atoms with Crippen LogP contribution < -0.4 is 10.9 Å². The summed E-state index contributed by atoms with van der Waals surface area (Å²) in [7, 11) is -0.663. The third kappa shape index (κ3) is 2.82. The minimum atomic E-state index is -0.663. The summed E-state index contributed by atoms with van der Waals surface area (Å²) in [6, 6.07) is 1.49. The van der Waals surface area contributed by atoms with Crippen molar-refractivity contribution in [3.63, 3.8) is 0 Å². The van der Waals surface area contributed by atoms with Crippen LogP contribution in [-0.2, 0) is 15.7 Å². The summed E-state index contributed by atoms with van der Waals surface area (Å²) >= 11 is 0. The van der Waals surface area contributed by atoms with Crippen molar-refractivity contribution < 1.29 is 14.4 Å². The minimum absolute atomic E-state index is 0.141. The Hall–Kier alpha value is -1.11. The average molecular weight is 279 g/mol. The van der Waals surface area contributed by atoms with Gasteiger partial charge in [0.1, 0.15) is 0 Å². The number of H-pyrrole nitrogens is 1. The van der Waals surface area contributed by atoms with Crippen LogP contribution in [0.15, 0.2) is 17.1 Å². The number of rotatable bonds is 3. The lowest BCUT2D eigenvalue weighted by Gasteiger charge is -2.32. The molecule has 6 heteroatoms. The quantitative estimate of drug-likeness (QED) is 0.795. The summed E-state index contributed by atoms with van der Waals surface area (Å²) in [6.45, 7) is 9.47. The fourth-order valence-corrected chi connectivity index (χ4v) is 2.12. The zero-order valence-corrected chi connectivity index (χ0v) is 12.7. The highest BCUT2D eigenvalue weighted by Crippen LogP contribution is 2.36. The predicted molar refractivity (Wildman–Crippen MR) is 78.2 cm³/mol. The molecule has 20 heavy (non-hydrogen) atoms. The van der Waals surface area contributed by atoms with Crippen molar-refractivity contribution in [3.05, 3.63) is 28.2 Å². The van der Waals surface area contributed by atoms with Gasteiger partial charge in [0.2, 0.25) is 0 Å². The molecule has 1 unspecified atom stereocenters. The fourth-order valence-electron chi connectivity index (χ4n) is 2.12. The number of nitrogens with one attached hydrogen (secondary N) is 1. The largest absolute Gasteiger partial charge is 0.500 e. The number of aromatic nitrogens is 1. The lowest BCUT2D eigenvalue weighted by Crippen LogP contribution is -2.44. The molecule has 0 radical (unpaired) electrons. The van der Waals surface area contributed by atoms with Gasteiger partial charge in [-0.1, -0.05) is 0 Å². The molecule has 2 heterocycles. The third-order valence-corrected chi connectivity index (χ3v) is 4.03. The van der Waals surface area contributed by atoms with Crippen LogP contribution in [0.25, 0.3) is 0 Å². The summed E-state index contributed by atoms with van der Waals surface area (Å²) in [5.41, 5.74) is 0.0753. The van der Waals surface area contributed by atoms with E-state index in [-0.39, 0.29) is 5.43 Å². The maximum atomic E-state index is 12.2. The van der Waals surface area contributed by atoms with Crippen molar-refractivity contribution in [2.24, 2.45) is 0 Å². The second kappa shape index (κ2) is 5.02. The normalized spacial score (nSPS) is 22.0. The van der Waals surface area contributed by atoms with Crippen LogP contribution in [0.5, 0.6) is 0 Å². The van der Waals surface area contributed by atoms with Gasteiger partial charge >= 0.3 is 7.12 Å². The molecule has 1 aliphatic heterocycles. The molecule has 0 saturated carbocycles. The Balaban J connectivity index is 2.26. The van der Waals surface area contributed by atoms with E-state index < -0.39 is 24.4 Å². The molecule has 0 spiro atoms. The summed E-state index contributed by atoms with van der Waals surface area (Å²) in [5.74, 6) is 0. The van der Waals surface area contributed by atoms with Crippen LogP contribution in [0.1, 0.15) is 40.3 Å². The van der Waals surface area contributed by atoms with Gasteiger partial charge in [0.15, 0.2) is 5.43 Å². The second-order valence-electron chi connectivity index (χ2n) is 6.42. The Kier molecular flexibility index (Phi) is 3.84.